The standard InChI is InChI=1S/C15H13N3O3/c1-21-12-5-10(4-11(19)7-12)17-9-2-3-13-14(6-9)18-15(20)8-16-13/h2-8,17,19H,1H3,(H,18,20). The summed E-state index contributed by atoms with van der Waals surface area (Å²) in [6.45, 7) is 0. The Morgan fingerprint density at radius 3 is 2.86 bits per heavy atom. The van der Waals surface area contributed by atoms with E-state index in [4.69, 9.17) is 4.74 Å². The van der Waals surface area contributed by atoms with Crippen LogP contribution in [0.2, 0.25) is 0 Å². The van der Waals surface area contributed by atoms with Crippen molar-refractivity contribution < 1.29 is 9.84 Å². The van der Waals surface area contributed by atoms with Crippen LogP contribution in [0.4, 0.5) is 11.4 Å². The van der Waals surface area contributed by atoms with Gasteiger partial charge < -0.3 is 20.1 Å². The van der Waals surface area contributed by atoms with Crippen LogP contribution in [-0.2, 0) is 0 Å². The molecule has 6 nitrogen and oxygen atoms in total. The molecule has 0 aliphatic rings. The van der Waals surface area contributed by atoms with E-state index in [0.29, 0.717) is 22.5 Å². The summed E-state index contributed by atoms with van der Waals surface area (Å²) in [4.78, 5) is 18.0. The molecule has 0 unspecified atom stereocenters. The Kier molecular flexibility index (Phi) is 3.19. The minimum Gasteiger partial charge on any atom is -0.508 e. The minimum absolute atomic E-state index is 0.104. The van der Waals surface area contributed by atoms with Crippen LogP contribution in [0.1, 0.15) is 0 Å². The fourth-order valence-electron chi connectivity index (χ4n) is 2.06. The number of methoxy groups -OCH3 is 1. The van der Waals surface area contributed by atoms with Gasteiger partial charge in [-0.25, -0.2) is 4.98 Å². The van der Waals surface area contributed by atoms with Crippen LogP contribution >= 0.6 is 0 Å². The third-order valence-electron chi connectivity index (χ3n) is 2.99. The highest BCUT2D eigenvalue weighted by Crippen LogP contribution is 2.27. The lowest BCUT2D eigenvalue weighted by molar-refractivity contribution is 0.408. The van der Waals surface area contributed by atoms with E-state index in [1.54, 1.807) is 24.3 Å². The van der Waals surface area contributed by atoms with Gasteiger partial charge in [0.05, 0.1) is 24.3 Å². The van der Waals surface area contributed by atoms with Crippen molar-refractivity contribution in [1.29, 1.82) is 0 Å². The molecule has 0 saturated carbocycles. The topological polar surface area (TPSA) is 87.2 Å². The van der Waals surface area contributed by atoms with Crippen molar-refractivity contribution in [3.8, 4) is 11.5 Å². The number of aromatic amines is 1. The number of aromatic hydroxyl groups is 1. The fourth-order valence-corrected chi connectivity index (χ4v) is 2.06. The number of hydrogen-bond donors (Lipinski definition) is 3. The first-order valence-corrected chi connectivity index (χ1v) is 6.28. The average Bonchev–Trinajstić information content (AvgIpc) is 2.46. The highest BCUT2D eigenvalue weighted by atomic mass is 16.5. The van der Waals surface area contributed by atoms with Gasteiger partial charge in [0.1, 0.15) is 11.5 Å². The monoisotopic (exact) mass is 283 g/mol. The fraction of sp³-hybridized carbons (Fsp3) is 0.0667. The van der Waals surface area contributed by atoms with Gasteiger partial charge in [0.15, 0.2) is 0 Å². The number of rotatable bonds is 3. The molecule has 0 amide bonds. The van der Waals surface area contributed by atoms with Gasteiger partial charge in [-0.1, -0.05) is 0 Å². The molecule has 1 aromatic heterocycles. The van der Waals surface area contributed by atoms with Crippen molar-refractivity contribution in [1.82, 2.24) is 9.97 Å². The van der Waals surface area contributed by atoms with Crippen molar-refractivity contribution in [2.75, 3.05) is 12.4 Å². The molecule has 0 fully saturated rings. The van der Waals surface area contributed by atoms with Gasteiger partial charge in [-0.05, 0) is 18.2 Å². The van der Waals surface area contributed by atoms with Crippen LogP contribution in [-0.4, -0.2) is 22.2 Å². The van der Waals surface area contributed by atoms with Gasteiger partial charge in [0.2, 0.25) is 0 Å². The lowest BCUT2D eigenvalue weighted by Gasteiger charge is -2.09. The summed E-state index contributed by atoms with van der Waals surface area (Å²) >= 11 is 0. The minimum atomic E-state index is -0.251. The predicted octanol–water partition coefficient (Wildman–Crippen LogP) is 2.38. The van der Waals surface area contributed by atoms with E-state index >= 15 is 0 Å². The van der Waals surface area contributed by atoms with Crippen molar-refractivity contribution >= 4 is 22.4 Å². The molecule has 0 aliphatic carbocycles. The van der Waals surface area contributed by atoms with E-state index in [0.717, 1.165) is 5.69 Å². The maximum Gasteiger partial charge on any atom is 0.266 e. The van der Waals surface area contributed by atoms with Crippen LogP contribution in [0.3, 0.4) is 0 Å². The smallest absolute Gasteiger partial charge is 0.266 e. The molecule has 106 valence electrons. The number of phenolic OH excluding ortho intramolecular Hbond substituents is 1. The summed E-state index contributed by atoms with van der Waals surface area (Å²) in [5.41, 5.74) is 2.53. The molecule has 0 radical (unpaired) electrons. The van der Waals surface area contributed by atoms with Crippen molar-refractivity contribution in [3.63, 3.8) is 0 Å². The van der Waals surface area contributed by atoms with Crippen LogP contribution in [0.15, 0.2) is 47.4 Å². The molecule has 3 aromatic rings. The van der Waals surface area contributed by atoms with E-state index in [1.807, 2.05) is 6.07 Å². The van der Waals surface area contributed by atoms with E-state index in [2.05, 4.69) is 15.3 Å². The molecule has 1 heterocycles. The summed E-state index contributed by atoms with van der Waals surface area (Å²) in [7, 11) is 1.53. The highest BCUT2D eigenvalue weighted by molar-refractivity contribution is 5.79. The van der Waals surface area contributed by atoms with Crippen molar-refractivity contribution in [3.05, 3.63) is 52.9 Å². The zero-order valence-electron chi connectivity index (χ0n) is 11.3. The summed E-state index contributed by atoms with van der Waals surface area (Å²) in [5.74, 6) is 0.654. The van der Waals surface area contributed by atoms with Crippen LogP contribution in [0, 0.1) is 0 Å². The highest BCUT2D eigenvalue weighted by Gasteiger charge is 2.03. The van der Waals surface area contributed by atoms with Gasteiger partial charge in [-0.15, -0.1) is 0 Å². The normalized spacial score (nSPS) is 10.5. The number of benzene rings is 2. The molecule has 3 rings (SSSR count). The number of H-pyrrole nitrogens is 1. The van der Waals surface area contributed by atoms with Gasteiger partial charge in [-0.2, -0.15) is 0 Å². The third kappa shape index (κ3) is 2.79. The zero-order chi connectivity index (χ0) is 14.8. The lowest BCUT2D eigenvalue weighted by Crippen LogP contribution is -2.05. The molecule has 0 atom stereocenters. The van der Waals surface area contributed by atoms with Gasteiger partial charge >= 0.3 is 0 Å². The largest absolute Gasteiger partial charge is 0.508 e. The van der Waals surface area contributed by atoms with Crippen LogP contribution in [0.25, 0.3) is 11.0 Å². The number of hydrogen-bond acceptors (Lipinski definition) is 5. The van der Waals surface area contributed by atoms with E-state index in [9.17, 15) is 9.90 Å². The maximum absolute atomic E-state index is 11.3. The number of phenols is 1. The van der Waals surface area contributed by atoms with Gasteiger partial charge in [-0.3, -0.25) is 4.79 Å². The predicted molar refractivity (Wildman–Crippen MR) is 80.3 cm³/mol. The molecule has 6 heteroatoms. The lowest BCUT2D eigenvalue weighted by atomic mass is 10.2. The Balaban J connectivity index is 1.97. The first-order chi connectivity index (χ1) is 10.1. The number of nitrogens with one attached hydrogen (secondary N) is 2. The Morgan fingerprint density at radius 2 is 2.05 bits per heavy atom. The Labute approximate surface area is 120 Å². The summed E-state index contributed by atoms with van der Waals surface area (Å²) < 4.78 is 5.10. The second kappa shape index (κ2) is 5.16. The number of anilines is 2. The molecule has 21 heavy (non-hydrogen) atoms. The van der Waals surface area contributed by atoms with Crippen molar-refractivity contribution in [2.24, 2.45) is 0 Å². The quantitative estimate of drug-likeness (QED) is 0.687. The molecular weight excluding hydrogens is 270 g/mol. The Morgan fingerprint density at radius 1 is 1.19 bits per heavy atom. The molecule has 3 N–H and O–H groups in total. The molecule has 0 spiro atoms. The second-order valence-electron chi connectivity index (χ2n) is 4.52. The summed E-state index contributed by atoms with van der Waals surface area (Å²) in [6.07, 6.45) is 1.25. The molecule has 0 bridgehead atoms. The van der Waals surface area contributed by atoms with E-state index < -0.39 is 0 Å². The molecular formula is C15H13N3O3. The van der Waals surface area contributed by atoms with E-state index in [-0.39, 0.29) is 11.3 Å². The second-order valence-corrected chi connectivity index (χ2v) is 4.52. The number of aromatic nitrogens is 2. The Bertz CT molecular complexity index is 858. The van der Waals surface area contributed by atoms with Gasteiger partial charge in [0.25, 0.3) is 5.56 Å². The Hall–Kier alpha value is -3.02. The van der Waals surface area contributed by atoms with Crippen LogP contribution in [0.5, 0.6) is 11.5 Å². The molecule has 0 aliphatic heterocycles. The average molecular weight is 283 g/mol. The number of fused-ring (bicyclic) bond motifs is 1. The number of nitrogens with zero attached hydrogens (tertiary/aromatic N) is 1. The first kappa shape index (κ1) is 13.0. The van der Waals surface area contributed by atoms with Gasteiger partial charge in [0, 0.05) is 29.6 Å². The number of ether oxygens (including phenoxy) is 1. The third-order valence-corrected chi connectivity index (χ3v) is 2.99. The van der Waals surface area contributed by atoms with Crippen LogP contribution < -0.4 is 15.6 Å². The first-order valence-electron chi connectivity index (χ1n) is 6.28. The summed E-state index contributed by atoms with van der Waals surface area (Å²) in [5, 5.41) is 12.8. The summed E-state index contributed by atoms with van der Waals surface area (Å²) in [6, 6.07) is 10.3. The molecule has 2 aromatic carbocycles. The van der Waals surface area contributed by atoms with Crippen molar-refractivity contribution in [2.45, 2.75) is 0 Å². The van der Waals surface area contributed by atoms with E-state index in [1.165, 1.54) is 19.4 Å². The maximum atomic E-state index is 11.3. The molecule has 0 saturated heterocycles. The zero-order valence-corrected chi connectivity index (χ0v) is 11.3. The SMILES string of the molecule is COc1cc(O)cc(Nc2ccc3ncc(=O)[nH]c3c2)c1.